The molecule has 2 N–H and O–H groups in total. The van der Waals surface area contributed by atoms with Gasteiger partial charge in [0.2, 0.25) is 11.8 Å². The molecule has 0 atom stereocenters. The van der Waals surface area contributed by atoms with Crippen molar-refractivity contribution < 1.29 is 26.5 Å². The number of nitrogens with one attached hydrogen (secondary N) is 2. The quantitative estimate of drug-likeness (QED) is 0.221. The predicted molar refractivity (Wildman–Crippen MR) is 92.9 cm³/mol. The highest BCUT2D eigenvalue weighted by Crippen LogP contribution is 2.01. The van der Waals surface area contributed by atoms with E-state index in [0.29, 0.717) is 0 Å². The molecule has 5 nitrogen and oxygen atoms in total. The van der Waals surface area contributed by atoms with E-state index in [0.717, 1.165) is 36.3 Å². The number of carbonyl (C=O) groups is 2. The lowest BCUT2D eigenvalue weighted by molar-refractivity contribution is -0.892. The molecule has 0 aliphatic rings. The van der Waals surface area contributed by atoms with Gasteiger partial charge in [-0.05, 0) is 30.4 Å². The van der Waals surface area contributed by atoms with Gasteiger partial charge >= 0.3 is 0 Å². The Morgan fingerprint density at radius 1 is 0.826 bits per heavy atom. The molecule has 0 unspecified atom stereocenters. The summed E-state index contributed by atoms with van der Waals surface area (Å²) in [6.07, 6.45) is 8.06. The average Bonchev–Trinajstić information content (AvgIpc) is 2.48. The molecule has 23 heavy (non-hydrogen) atoms. The number of amides is 2. The molecule has 0 aromatic carbocycles. The minimum atomic E-state index is -0.325. The van der Waals surface area contributed by atoms with E-state index in [9.17, 15) is 9.59 Å². The number of rotatable bonds is 10. The van der Waals surface area contributed by atoms with Crippen LogP contribution in [0.15, 0.2) is 63.3 Å². The zero-order valence-electron chi connectivity index (χ0n) is 13.9. The van der Waals surface area contributed by atoms with Crippen LogP contribution in [0.5, 0.6) is 0 Å². The van der Waals surface area contributed by atoms with Crippen molar-refractivity contribution >= 4 is 11.8 Å². The molecule has 0 aliphatic carbocycles. The van der Waals surface area contributed by atoms with Crippen molar-refractivity contribution in [2.75, 3.05) is 33.4 Å². The van der Waals surface area contributed by atoms with Crippen LogP contribution in [0, 0.1) is 0 Å². The first-order valence-electron chi connectivity index (χ1n) is 6.85. The average molecular weight is 342 g/mol. The Morgan fingerprint density at radius 2 is 1.13 bits per heavy atom. The van der Waals surface area contributed by atoms with Crippen LogP contribution in [0.1, 0.15) is 0 Å². The summed E-state index contributed by atoms with van der Waals surface area (Å²) >= 11 is 0. The number of carbonyl (C=O) groups excluding carboxylic acids is 2. The minimum Gasteiger partial charge on any atom is -1.00 e. The molecular formula is C17H28ClN3O2. The van der Waals surface area contributed by atoms with Crippen molar-refractivity contribution in [1.82, 2.24) is 10.6 Å². The van der Waals surface area contributed by atoms with E-state index in [-0.39, 0.29) is 30.9 Å². The fraction of sp³-hybridized carbons (Fsp3) is 0.294. The third-order valence-electron chi connectivity index (χ3n) is 2.61. The number of halogens is 1. The van der Waals surface area contributed by atoms with Crippen LogP contribution in [0.4, 0.5) is 0 Å². The zero-order valence-corrected chi connectivity index (χ0v) is 14.6. The first-order valence-corrected chi connectivity index (χ1v) is 6.85. The van der Waals surface area contributed by atoms with E-state index >= 15 is 0 Å². The summed E-state index contributed by atoms with van der Waals surface area (Å²) in [5.74, 6) is -0.649. The largest absolute Gasteiger partial charge is 1.00 e. The minimum absolute atomic E-state index is 0. The van der Waals surface area contributed by atoms with Crippen molar-refractivity contribution in [3.63, 3.8) is 0 Å². The lowest BCUT2D eigenvalue weighted by atomic mass is 10.3. The Kier molecular flexibility index (Phi) is 18.3. The fourth-order valence-corrected chi connectivity index (χ4v) is 1.52. The number of quaternary nitrogens is 1. The first-order chi connectivity index (χ1) is 10.4. The first kappa shape index (κ1) is 25.8. The second-order valence-electron chi connectivity index (χ2n) is 4.70. The van der Waals surface area contributed by atoms with E-state index in [4.69, 9.17) is 0 Å². The highest BCUT2D eigenvalue weighted by Gasteiger charge is 2.14. The molecule has 130 valence electrons. The highest BCUT2D eigenvalue weighted by atomic mass is 35.5. The Hall–Kier alpha value is -2.11. The lowest BCUT2D eigenvalue weighted by Gasteiger charge is -2.30. The molecule has 2 amide bonds. The van der Waals surface area contributed by atoms with Crippen LogP contribution in [-0.4, -0.2) is 49.6 Å². The Morgan fingerprint density at radius 3 is 1.35 bits per heavy atom. The SMILES string of the molecule is C=CC(=O)NCNC(=O)C=C.C=CC[N+](C)(CC=C)CC=C.[Cl-]. The van der Waals surface area contributed by atoms with Crippen LogP contribution in [0.2, 0.25) is 0 Å². The van der Waals surface area contributed by atoms with E-state index in [1.807, 2.05) is 18.2 Å². The van der Waals surface area contributed by atoms with Crippen LogP contribution in [0.3, 0.4) is 0 Å². The van der Waals surface area contributed by atoms with Crippen molar-refractivity contribution in [3.8, 4) is 0 Å². The van der Waals surface area contributed by atoms with Crippen molar-refractivity contribution in [2.45, 2.75) is 0 Å². The second-order valence-corrected chi connectivity index (χ2v) is 4.70. The zero-order chi connectivity index (χ0) is 17.4. The topological polar surface area (TPSA) is 58.2 Å². The molecule has 0 radical (unpaired) electrons. The normalized spacial score (nSPS) is 8.91. The third-order valence-corrected chi connectivity index (χ3v) is 2.61. The summed E-state index contributed by atoms with van der Waals surface area (Å²) in [4.78, 5) is 21.0. The summed E-state index contributed by atoms with van der Waals surface area (Å²) in [5.41, 5.74) is 0. The standard InChI is InChI=1S/C10H18N.C7H10N2O2.ClH/c1-5-8-11(4,9-6-2)10-7-3;1-3-6(10)8-5-9-7(11)4-2;/h5-7H,1-3,8-10H2,4H3;3-4H,1-2,5H2,(H,8,10)(H,9,11);1H/q+1;;/p-1. The molecule has 0 aliphatic heterocycles. The second kappa shape index (κ2) is 16.3. The molecule has 0 fully saturated rings. The predicted octanol–water partition coefficient (Wildman–Crippen LogP) is -1.46. The van der Waals surface area contributed by atoms with Gasteiger partial charge in [0.15, 0.2) is 0 Å². The molecule has 6 heteroatoms. The summed E-state index contributed by atoms with van der Waals surface area (Å²) in [5, 5.41) is 4.72. The number of hydrogen-bond donors (Lipinski definition) is 2. The van der Waals surface area contributed by atoms with Gasteiger partial charge < -0.3 is 27.5 Å². The maximum absolute atomic E-state index is 10.5. The Labute approximate surface area is 146 Å². The fourth-order valence-electron chi connectivity index (χ4n) is 1.52. The van der Waals surface area contributed by atoms with Crippen LogP contribution < -0.4 is 23.0 Å². The van der Waals surface area contributed by atoms with E-state index in [2.05, 4.69) is 50.6 Å². The van der Waals surface area contributed by atoms with Gasteiger partial charge in [-0.1, -0.05) is 32.9 Å². The number of nitrogens with zero attached hydrogens (tertiary/aromatic N) is 1. The summed E-state index contributed by atoms with van der Waals surface area (Å²) in [6.45, 7) is 20.6. The Balaban J connectivity index is -0.000000333. The monoisotopic (exact) mass is 341 g/mol. The van der Waals surface area contributed by atoms with Crippen molar-refractivity contribution in [3.05, 3.63) is 63.3 Å². The lowest BCUT2D eigenvalue weighted by Crippen LogP contribution is -3.00. The highest BCUT2D eigenvalue weighted by molar-refractivity contribution is 5.89. The van der Waals surface area contributed by atoms with Gasteiger partial charge in [0.05, 0.1) is 33.4 Å². The van der Waals surface area contributed by atoms with Gasteiger partial charge in [0.25, 0.3) is 0 Å². The molecule has 0 rings (SSSR count). The smallest absolute Gasteiger partial charge is 0.244 e. The molecule has 0 heterocycles. The van der Waals surface area contributed by atoms with Crippen molar-refractivity contribution in [1.29, 1.82) is 0 Å². The van der Waals surface area contributed by atoms with Crippen LogP contribution in [0.25, 0.3) is 0 Å². The molecule has 0 aromatic rings. The molecular weight excluding hydrogens is 314 g/mol. The van der Waals surface area contributed by atoms with Gasteiger partial charge in [-0.2, -0.15) is 0 Å². The maximum atomic E-state index is 10.5. The van der Waals surface area contributed by atoms with Crippen LogP contribution >= 0.6 is 0 Å². The van der Waals surface area contributed by atoms with Crippen LogP contribution in [-0.2, 0) is 9.59 Å². The van der Waals surface area contributed by atoms with E-state index < -0.39 is 0 Å². The van der Waals surface area contributed by atoms with E-state index in [1.54, 1.807) is 0 Å². The van der Waals surface area contributed by atoms with Gasteiger partial charge in [-0.25, -0.2) is 0 Å². The van der Waals surface area contributed by atoms with Gasteiger partial charge in [0, 0.05) is 0 Å². The molecule has 0 bridgehead atoms. The van der Waals surface area contributed by atoms with Gasteiger partial charge in [-0.15, -0.1) is 0 Å². The molecule has 0 saturated heterocycles. The number of likely N-dealkylation sites (N-methyl/N-ethyl adjacent to an activating group) is 1. The molecule has 0 saturated carbocycles. The summed E-state index contributed by atoms with van der Waals surface area (Å²) < 4.78 is 0.927. The maximum Gasteiger partial charge on any atom is 0.244 e. The molecule has 0 spiro atoms. The third kappa shape index (κ3) is 16.1. The summed E-state index contributed by atoms with van der Waals surface area (Å²) in [6, 6.07) is 0. The summed E-state index contributed by atoms with van der Waals surface area (Å²) in [7, 11) is 2.17. The van der Waals surface area contributed by atoms with Crippen molar-refractivity contribution in [2.24, 2.45) is 0 Å². The van der Waals surface area contributed by atoms with Gasteiger partial charge in [-0.3, -0.25) is 9.59 Å². The van der Waals surface area contributed by atoms with E-state index in [1.165, 1.54) is 0 Å². The molecule has 0 aromatic heterocycles. The van der Waals surface area contributed by atoms with Gasteiger partial charge in [0.1, 0.15) is 0 Å². The number of hydrogen-bond acceptors (Lipinski definition) is 2. The Bertz CT molecular complexity index is 374.